The van der Waals surface area contributed by atoms with E-state index in [1.54, 1.807) is 19.4 Å². The molecule has 5 heteroatoms. The number of methoxy groups -OCH3 is 1. The molecular formula is C17H26N2O3. The van der Waals surface area contributed by atoms with Crippen LogP contribution in [0, 0.1) is 5.92 Å². The second-order valence-corrected chi connectivity index (χ2v) is 5.85. The molecule has 0 unspecified atom stereocenters. The molecule has 0 saturated heterocycles. The molecule has 1 aromatic heterocycles. The molecule has 0 bridgehead atoms. The van der Waals surface area contributed by atoms with Crippen LogP contribution in [0.4, 0.5) is 0 Å². The third kappa shape index (κ3) is 4.98. The quantitative estimate of drug-likeness (QED) is 0.786. The van der Waals surface area contributed by atoms with Crippen molar-refractivity contribution in [1.29, 1.82) is 0 Å². The molecule has 1 saturated carbocycles. The summed E-state index contributed by atoms with van der Waals surface area (Å²) in [4.78, 5) is 16.1. The molecule has 22 heavy (non-hydrogen) atoms. The molecule has 1 aromatic rings. The number of aromatic nitrogens is 1. The van der Waals surface area contributed by atoms with Gasteiger partial charge in [0.25, 0.3) is 0 Å². The normalized spacial score (nSPS) is 21.4. The van der Waals surface area contributed by atoms with Crippen LogP contribution in [0.15, 0.2) is 18.3 Å². The summed E-state index contributed by atoms with van der Waals surface area (Å²) in [6.07, 6.45) is 7.19. The monoisotopic (exact) mass is 306 g/mol. The molecule has 0 aromatic carbocycles. The van der Waals surface area contributed by atoms with Gasteiger partial charge in [0.15, 0.2) is 0 Å². The van der Waals surface area contributed by atoms with E-state index in [1.165, 1.54) is 19.3 Å². The van der Waals surface area contributed by atoms with Gasteiger partial charge >= 0.3 is 0 Å². The van der Waals surface area contributed by atoms with Crippen molar-refractivity contribution in [1.82, 2.24) is 10.3 Å². The van der Waals surface area contributed by atoms with Gasteiger partial charge in [-0.15, -0.1) is 0 Å². The smallest absolute Gasteiger partial charge is 0.226 e. The minimum absolute atomic E-state index is 0.0581. The van der Waals surface area contributed by atoms with E-state index in [2.05, 4.69) is 17.2 Å². The van der Waals surface area contributed by atoms with Gasteiger partial charge in [-0.2, -0.15) is 0 Å². The number of ether oxygens (including phenoxy) is 2. The van der Waals surface area contributed by atoms with Gasteiger partial charge < -0.3 is 14.8 Å². The summed E-state index contributed by atoms with van der Waals surface area (Å²) in [7, 11) is 1.58. The van der Waals surface area contributed by atoms with Gasteiger partial charge in [-0.3, -0.25) is 9.78 Å². The molecule has 2 rings (SSSR count). The summed E-state index contributed by atoms with van der Waals surface area (Å²) in [5.74, 6) is 1.21. The van der Waals surface area contributed by atoms with E-state index >= 15 is 0 Å². The number of hydrogen-bond donors (Lipinski definition) is 1. The second-order valence-electron chi connectivity index (χ2n) is 5.85. The predicted octanol–water partition coefficient (Wildman–Crippen LogP) is 2.34. The maximum absolute atomic E-state index is 11.9. The SMILES string of the molecule is COc1cccnc1CC(=O)NCCO[C@H]1CCCC[C@H]1C. The van der Waals surface area contributed by atoms with Crippen LogP contribution in [0.1, 0.15) is 38.3 Å². The van der Waals surface area contributed by atoms with Gasteiger partial charge in [-0.1, -0.05) is 19.8 Å². The third-order valence-corrected chi connectivity index (χ3v) is 4.19. The number of carbonyl (C=O) groups excluding carboxylic acids is 1. The van der Waals surface area contributed by atoms with Crippen molar-refractivity contribution in [2.45, 2.75) is 45.1 Å². The zero-order valence-corrected chi connectivity index (χ0v) is 13.5. The summed E-state index contributed by atoms with van der Waals surface area (Å²) in [6, 6.07) is 3.60. The standard InChI is InChI=1S/C17H26N2O3/c1-13-6-3-4-7-15(13)22-11-10-19-17(20)12-14-16(21-2)8-5-9-18-14/h5,8-9,13,15H,3-4,6-7,10-12H2,1-2H3,(H,19,20)/t13-,15+/m1/s1. The van der Waals surface area contributed by atoms with E-state index in [0.29, 0.717) is 36.6 Å². The van der Waals surface area contributed by atoms with Crippen LogP contribution >= 0.6 is 0 Å². The third-order valence-electron chi connectivity index (χ3n) is 4.19. The Morgan fingerprint density at radius 3 is 3.00 bits per heavy atom. The number of hydrogen-bond acceptors (Lipinski definition) is 4. The number of carbonyl (C=O) groups is 1. The zero-order valence-electron chi connectivity index (χ0n) is 13.5. The first-order chi connectivity index (χ1) is 10.7. The van der Waals surface area contributed by atoms with E-state index in [-0.39, 0.29) is 12.3 Å². The first-order valence-electron chi connectivity index (χ1n) is 8.07. The van der Waals surface area contributed by atoms with E-state index in [9.17, 15) is 4.79 Å². The fourth-order valence-corrected chi connectivity index (χ4v) is 2.89. The minimum atomic E-state index is -0.0581. The summed E-state index contributed by atoms with van der Waals surface area (Å²) in [5.41, 5.74) is 0.657. The van der Waals surface area contributed by atoms with Crippen molar-refractivity contribution in [2.24, 2.45) is 5.92 Å². The Morgan fingerprint density at radius 2 is 2.23 bits per heavy atom. The molecule has 2 atom stereocenters. The highest BCUT2D eigenvalue weighted by Crippen LogP contribution is 2.25. The molecule has 0 aliphatic heterocycles. The highest BCUT2D eigenvalue weighted by atomic mass is 16.5. The van der Waals surface area contributed by atoms with Crippen molar-refractivity contribution in [3.63, 3.8) is 0 Å². The molecule has 0 radical (unpaired) electrons. The van der Waals surface area contributed by atoms with Gasteiger partial charge in [0.05, 0.1) is 31.9 Å². The van der Waals surface area contributed by atoms with E-state index in [4.69, 9.17) is 9.47 Å². The summed E-state index contributed by atoms with van der Waals surface area (Å²) in [6.45, 7) is 3.35. The Morgan fingerprint density at radius 1 is 1.41 bits per heavy atom. The Labute approximate surface area is 132 Å². The van der Waals surface area contributed by atoms with E-state index in [1.807, 2.05) is 6.07 Å². The zero-order chi connectivity index (χ0) is 15.8. The minimum Gasteiger partial charge on any atom is -0.495 e. The molecule has 1 heterocycles. The second kappa shape index (κ2) is 8.73. The van der Waals surface area contributed by atoms with Crippen molar-refractivity contribution in [3.8, 4) is 5.75 Å². The van der Waals surface area contributed by atoms with Crippen LogP contribution in [0.25, 0.3) is 0 Å². The molecule has 1 fully saturated rings. The van der Waals surface area contributed by atoms with Gasteiger partial charge in [0.1, 0.15) is 5.75 Å². The van der Waals surface area contributed by atoms with Crippen LogP contribution in [0.3, 0.4) is 0 Å². The lowest BCUT2D eigenvalue weighted by atomic mass is 9.88. The fraction of sp³-hybridized carbons (Fsp3) is 0.647. The number of nitrogens with zero attached hydrogens (tertiary/aromatic N) is 1. The number of pyridine rings is 1. The van der Waals surface area contributed by atoms with Crippen LogP contribution in [-0.4, -0.2) is 37.3 Å². The van der Waals surface area contributed by atoms with E-state index < -0.39 is 0 Å². The molecule has 1 aliphatic rings. The average molecular weight is 306 g/mol. The Hall–Kier alpha value is -1.62. The van der Waals surface area contributed by atoms with Crippen LogP contribution in [-0.2, 0) is 16.0 Å². The topological polar surface area (TPSA) is 60.5 Å². The largest absolute Gasteiger partial charge is 0.495 e. The van der Waals surface area contributed by atoms with E-state index in [0.717, 1.165) is 6.42 Å². The van der Waals surface area contributed by atoms with Gasteiger partial charge in [0.2, 0.25) is 5.91 Å². The summed E-state index contributed by atoms with van der Waals surface area (Å²) in [5, 5.41) is 2.88. The number of amides is 1. The average Bonchev–Trinajstić information content (AvgIpc) is 2.53. The van der Waals surface area contributed by atoms with Crippen molar-refractivity contribution in [3.05, 3.63) is 24.0 Å². The molecule has 5 nitrogen and oxygen atoms in total. The highest BCUT2D eigenvalue weighted by Gasteiger charge is 2.21. The molecule has 1 aliphatic carbocycles. The Bertz CT molecular complexity index is 479. The van der Waals surface area contributed by atoms with Crippen molar-refractivity contribution < 1.29 is 14.3 Å². The Kier molecular flexibility index (Phi) is 6.65. The molecule has 1 amide bonds. The molecule has 0 spiro atoms. The highest BCUT2D eigenvalue weighted by molar-refractivity contribution is 5.78. The lowest BCUT2D eigenvalue weighted by Gasteiger charge is -2.28. The van der Waals surface area contributed by atoms with Gasteiger partial charge in [-0.25, -0.2) is 0 Å². The molecule has 122 valence electrons. The predicted molar refractivity (Wildman–Crippen MR) is 84.9 cm³/mol. The lowest BCUT2D eigenvalue weighted by molar-refractivity contribution is -0.121. The molecule has 1 N–H and O–H groups in total. The molecular weight excluding hydrogens is 280 g/mol. The van der Waals surface area contributed by atoms with Gasteiger partial charge in [-0.05, 0) is 30.9 Å². The lowest BCUT2D eigenvalue weighted by Crippen LogP contribution is -2.32. The number of nitrogens with one attached hydrogen (secondary N) is 1. The first kappa shape index (κ1) is 16.7. The van der Waals surface area contributed by atoms with Crippen molar-refractivity contribution in [2.75, 3.05) is 20.3 Å². The van der Waals surface area contributed by atoms with Crippen LogP contribution < -0.4 is 10.1 Å². The first-order valence-corrected chi connectivity index (χ1v) is 8.07. The maximum Gasteiger partial charge on any atom is 0.226 e. The maximum atomic E-state index is 11.9. The van der Waals surface area contributed by atoms with Crippen LogP contribution in [0.5, 0.6) is 5.75 Å². The van der Waals surface area contributed by atoms with Gasteiger partial charge in [0, 0.05) is 12.7 Å². The fourth-order valence-electron chi connectivity index (χ4n) is 2.89. The summed E-state index contributed by atoms with van der Waals surface area (Å²) < 4.78 is 11.1. The summed E-state index contributed by atoms with van der Waals surface area (Å²) >= 11 is 0. The van der Waals surface area contributed by atoms with Crippen molar-refractivity contribution >= 4 is 5.91 Å². The Balaban J connectivity index is 1.67. The number of rotatable bonds is 7. The van der Waals surface area contributed by atoms with Crippen LogP contribution in [0.2, 0.25) is 0 Å².